The molecule has 2 aromatic carbocycles. The van der Waals surface area contributed by atoms with Gasteiger partial charge in [0.2, 0.25) is 0 Å². The summed E-state index contributed by atoms with van der Waals surface area (Å²) >= 11 is 0. The highest BCUT2D eigenvalue weighted by molar-refractivity contribution is 7.90. The molecule has 3 aromatic rings. The molecule has 2 aliphatic rings. The van der Waals surface area contributed by atoms with E-state index in [2.05, 4.69) is 9.50 Å². The minimum atomic E-state index is -3.60. The van der Waals surface area contributed by atoms with Crippen LogP contribution in [0.15, 0.2) is 52.9 Å². The molecule has 3 heterocycles. The number of hydrogen-bond acceptors (Lipinski definition) is 7. The number of fused-ring (bicyclic) bond motifs is 1. The van der Waals surface area contributed by atoms with Gasteiger partial charge < -0.3 is 15.4 Å². The molecule has 0 unspecified atom stereocenters. The summed E-state index contributed by atoms with van der Waals surface area (Å²) in [4.78, 5) is 29.2. The highest BCUT2D eigenvalue weighted by atomic mass is 32.2. The minimum Gasteiger partial charge on any atom is -0.497 e. The summed E-state index contributed by atoms with van der Waals surface area (Å²) in [6.07, 6.45) is 3.72. The summed E-state index contributed by atoms with van der Waals surface area (Å²) in [6.45, 7) is 1.87. The van der Waals surface area contributed by atoms with Gasteiger partial charge in [0.25, 0.3) is 21.8 Å². The summed E-state index contributed by atoms with van der Waals surface area (Å²) in [5.74, 6) is -0.457. The van der Waals surface area contributed by atoms with E-state index in [-0.39, 0.29) is 23.2 Å². The molecule has 2 aliphatic heterocycles. The third-order valence-corrected chi connectivity index (χ3v) is 7.80. The van der Waals surface area contributed by atoms with Crippen LogP contribution in [-0.2, 0) is 16.4 Å². The normalized spacial score (nSPS) is 16.2. The number of amides is 2. The van der Waals surface area contributed by atoms with Crippen molar-refractivity contribution in [2.75, 3.05) is 37.5 Å². The van der Waals surface area contributed by atoms with Gasteiger partial charge in [-0.15, -0.1) is 0 Å². The lowest BCUT2D eigenvalue weighted by Gasteiger charge is -2.27. The van der Waals surface area contributed by atoms with Gasteiger partial charge >= 0.3 is 0 Å². The molecule has 2 N–H and O–H groups in total. The van der Waals surface area contributed by atoms with Crippen molar-refractivity contribution in [3.63, 3.8) is 0 Å². The van der Waals surface area contributed by atoms with E-state index >= 15 is 0 Å². The van der Waals surface area contributed by atoms with Gasteiger partial charge in [0.1, 0.15) is 17.3 Å². The van der Waals surface area contributed by atoms with Crippen LogP contribution in [0.5, 0.6) is 5.75 Å². The van der Waals surface area contributed by atoms with Crippen molar-refractivity contribution in [3.05, 3.63) is 71.0 Å². The molecule has 2 amide bonds. The van der Waals surface area contributed by atoms with Gasteiger partial charge in [0, 0.05) is 24.0 Å². The molecule has 1 fully saturated rings. The number of nitrogens with two attached hydrogens (primary N) is 1. The van der Waals surface area contributed by atoms with Gasteiger partial charge in [-0.05, 0) is 74.3 Å². The zero-order valence-corrected chi connectivity index (χ0v) is 21.7. The Morgan fingerprint density at radius 2 is 1.71 bits per heavy atom. The second-order valence-corrected chi connectivity index (χ2v) is 10.9. The van der Waals surface area contributed by atoms with E-state index in [4.69, 9.17) is 10.5 Å². The number of rotatable bonds is 8. The summed E-state index contributed by atoms with van der Waals surface area (Å²) in [5, 5.41) is 4.37. The van der Waals surface area contributed by atoms with E-state index in [0.29, 0.717) is 41.2 Å². The highest BCUT2D eigenvalue weighted by Crippen LogP contribution is 2.29. The average molecular weight is 537 g/mol. The lowest BCUT2D eigenvalue weighted by Crippen LogP contribution is -2.39. The topological polar surface area (TPSA) is 140 Å². The van der Waals surface area contributed by atoms with Gasteiger partial charge in [0.05, 0.1) is 12.8 Å². The van der Waals surface area contributed by atoms with Gasteiger partial charge in [0.15, 0.2) is 5.69 Å². The van der Waals surface area contributed by atoms with Crippen LogP contribution in [-0.4, -0.2) is 73.7 Å². The van der Waals surface area contributed by atoms with Crippen molar-refractivity contribution in [1.82, 2.24) is 14.7 Å². The molecule has 198 valence electrons. The van der Waals surface area contributed by atoms with Gasteiger partial charge in [-0.25, -0.2) is 13.1 Å². The van der Waals surface area contributed by atoms with Crippen LogP contribution in [0.3, 0.4) is 0 Å². The lowest BCUT2D eigenvalue weighted by atomic mass is 10.0. The third-order valence-electron chi connectivity index (χ3n) is 6.68. The number of anilines is 1. The second-order valence-electron chi connectivity index (χ2n) is 9.22. The van der Waals surface area contributed by atoms with E-state index in [1.807, 2.05) is 4.90 Å². The number of methoxy groups -OCH3 is 1. The fraction of sp³-hybridized carbons (Fsp3) is 0.308. The average Bonchev–Trinajstić information content (AvgIpc) is 3.56. The minimum absolute atomic E-state index is 0.0746. The maximum absolute atomic E-state index is 13.7. The van der Waals surface area contributed by atoms with E-state index in [1.165, 1.54) is 10.9 Å². The first-order valence-corrected chi connectivity index (χ1v) is 13.8. The van der Waals surface area contributed by atoms with E-state index < -0.39 is 15.9 Å². The Hall–Kier alpha value is -4.03. The second kappa shape index (κ2) is 10.4. The monoisotopic (exact) mass is 536 g/mol. The van der Waals surface area contributed by atoms with Gasteiger partial charge in [-0.1, -0.05) is 12.1 Å². The molecule has 0 bridgehead atoms. The van der Waals surface area contributed by atoms with Crippen LogP contribution >= 0.6 is 0 Å². The highest BCUT2D eigenvalue weighted by Gasteiger charge is 2.34. The number of primary amides is 1. The number of likely N-dealkylation sites (tertiary alicyclic amines) is 1. The number of carbonyl (C=O) groups excluding carboxylic acids is 2. The predicted molar refractivity (Wildman–Crippen MR) is 143 cm³/mol. The van der Waals surface area contributed by atoms with Crippen molar-refractivity contribution >= 4 is 33.7 Å². The van der Waals surface area contributed by atoms with Crippen molar-refractivity contribution < 1.29 is 22.7 Å². The molecule has 0 saturated carbocycles. The lowest BCUT2D eigenvalue weighted by molar-refractivity contribution is 0.0972. The van der Waals surface area contributed by atoms with Crippen LogP contribution in [0.4, 0.5) is 5.69 Å². The molecular formula is C26H28N6O5S. The zero-order valence-electron chi connectivity index (χ0n) is 20.9. The standard InChI is InChI=1S/C26H28N6O5S/c1-37-21-10-8-20(9-11-21)32-24-22(23(29-32)25(27)33)12-15-31(26(24)34)19-6-4-18(5-7-19)16-28-38(35,36)17-30-13-2-3-14-30/h4-11,16H,2-3,12-15,17H2,1H3,(H2,27,33)/b28-16+. The number of carbonyl (C=O) groups is 2. The number of aromatic nitrogens is 2. The summed E-state index contributed by atoms with van der Waals surface area (Å²) < 4.78 is 35.1. The zero-order chi connectivity index (χ0) is 26.9. The third kappa shape index (κ3) is 5.18. The first kappa shape index (κ1) is 25.6. The fourth-order valence-corrected chi connectivity index (χ4v) is 5.84. The SMILES string of the molecule is COc1ccc(-n2nc(C(N)=O)c3c2C(=O)N(c2ccc(/C=N/S(=O)(=O)CN4CCCC4)cc2)CC3)cc1. The number of sulfonamides is 1. The molecule has 0 atom stereocenters. The Labute approximate surface area is 220 Å². The Morgan fingerprint density at radius 1 is 1.05 bits per heavy atom. The number of nitrogens with zero attached hydrogens (tertiary/aromatic N) is 5. The van der Waals surface area contributed by atoms with E-state index in [9.17, 15) is 18.0 Å². The molecule has 1 saturated heterocycles. The van der Waals surface area contributed by atoms with Gasteiger partial charge in [-0.2, -0.15) is 9.50 Å². The Balaban J connectivity index is 1.39. The quantitative estimate of drug-likeness (QED) is 0.434. The summed E-state index contributed by atoms with van der Waals surface area (Å²) in [7, 11) is -2.04. The molecule has 0 aliphatic carbocycles. The van der Waals surface area contributed by atoms with Crippen LogP contribution < -0.4 is 15.4 Å². The van der Waals surface area contributed by atoms with Crippen LogP contribution in [0.2, 0.25) is 0 Å². The maximum atomic E-state index is 13.7. The smallest absolute Gasteiger partial charge is 0.277 e. The predicted octanol–water partition coefficient (Wildman–Crippen LogP) is 1.98. The number of hydrogen-bond donors (Lipinski definition) is 1. The largest absolute Gasteiger partial charge is 0.497 e. The van der Waals surface area contributed by atoms with E-state index in [1.54, 1.807) is 60.5 Å². The Bertz CT molecular complexity index is 1490. The van der Waals surface area contributed by atoms with Crippen molar-refractivity contribution in [1.29, 1.82) is 0 Å². The Morgan fingerprint density at radius 3 is 2.34 bits per heavy atom. The molecule has 5 rings (SSSR count). The van der Waals surface area contributed by atoms with Crippen molar-refractivity contribution in [2.24, 2.45) is 10.1 Å². The first-order chi connectivity index (χ1) is 18.3. The summed E-state index contributed by atoms with van der Waals surface area (Å²) in [6, 6.07) is 13.9. The maximum Gasteiger partial charge on any atom is 0.277 e. The van der Waals surface area contributed by atoms with Crippen LogP contribution in [0.25, 0.3) is 5.69 Å². The van der Waals surface area contributed by atoms with Crippen LogP contribution in [0, 0.1) is 0 Å². The molecular weight excluding hydrogens is 508 g/mol. The molecule has 38 heavy (non-hydrogen) atoms. The van der Waals surface area contributed by atoms with Crippen LogP contribution in [0.1, 0.15) is 44.9 Å². The fourth-order valence-electron chi connectivity index (χ4n) is 4.77. The molecule has 11 nitrogen and oxygen atoms in total. The van der Waals surface area contributed by atoms with Crippen molar-refractivity contribution in [3.8, 4) is 11.4 Å². The number of ether oxygens (including phenoxy) is 1. The molecule has 0 radical (unpaired) electrons. The first-order valence-electron chi connectivity index (χ1n) is 12.2. The molecule has 12 heteroatoms. The molecule has 1 aromatic heterocycles. The van der Waals surface area contributed by atoms with E-state index in [0.717, 1.165) is 25.9 Å². The summed E-state index contributed by atoms with van der Waals surface area (Å²) in [5.41, 5.74) is 8.25. The Kier molecular flexibility index (Phi) is 7.00. The molecule has 0 spiro atoms. The van der Waals surface area contributed by atoms with Crippen molar-refractivity contribution in [2.45, 2.75) is 19.3 Å². The number of benzene rings is 2. The van der Waals surface area contributed by atoms with Gasteiger partial charge in [-0.3, -0.25) is 14.5 Å².